The van der Waals surface area contributed by atoms with Crippen LogP contribution in [0.1, 0.15) is 38.3 Å². The minimum atomic E-state index is -5.10. The van der Waals surface area contributed by atoms with Gasteiger partial charge in [0.2, 0.25) is 0 Å². The molecule has 0 fully saturated rings. The molecule has 0 aromatic heterocycles. The molecule has 13 nitrogen and oxygen atoms in total. The Morgan fingerprint density at radius 2 is 1.56 bits per heavy atom. The fraction of sp³-hybridized carbons (Fsp3) is 0.0476. The molecule has 2 aromatic rings. The SMILES string of the molecule is NC1=CCC2=C(c3cc(C(=O)O)ccc3C(=O)O)c3ccc(N)c(S(=O)(=O)O)c3OC2=C1S(=O)(=O)O. The van der Waals surface area contributed by atoms with Gasteiger partial charge in [-0.15, -0.1) is 0 Å². The van der Waals surface area contributed by atoms with E-state index in [1.54, 1.807) is 0 Å². The lowest BCUT2D eigenvalue weighted by Crippen LogP contribution is -2.24. The molecule has 0 bridgehead atoms. The first-order valence-electron chi connectivity index (χ1n) is 9.73. The molecule has 0 unspecified atom stereocenters. The second kappa shape index (κ2) is 8.20. The highest BCUT2D eigenvalue weighted by atomic mass is 32.2. The van der Waals surface area contributed by atoms with Crippen LogP contribution in [0.2, 0.25) is 0 Å². The second-order valence-electron chi connectivity index (χ2n) is 7.66. The average molecular weight is 536 g/mol. The zero-order valence-corrected chi connectivity index (χ0v) is 19.4. The summed E-state index contributed by atoms with van der Waals surface area (Å²) in [5.74, 6) is -4.23. The Morgan fingerprint density at radius 3 is 2.11 bits per heavy atom. The smallest absolute Gasteiger partial charge is 0.336 e. The molecule has 1 heterocycles. The number of carboxylic acid groups (broad SMARTS) is 2. The highest BCUT2D eigenvalue weighted by molar-refractivity contribution is 7.90. The van der Waals surface area contributed by atoms with Crippen molar-refractivity contribution in [1.82, 2.24) is 0 Å². The lowest BCUT2D eigenvalue weighted by atomic mass is 9.83. The van der Waals surface area contributed by atoms with E-state index in [1.807, 2.05) is 0 Å². The number of rotatable bonds is 5. The number of ether oxygens (including phenoxy) is 1. The zero-order chi connectivity index (χ0) is 26.7. The van der Waals surface area contributed by atoms with Crippen LogP contribution < -0.4 is 16.2 Å². The van der Waals surface area contributed by atoms with Gasteiger partial charge in [-0.1, -0.05) is 6.08 Å². The van der Waals surface area contributed by atoms with Crippen molar-refractivity contribution in [2.45, 2.75) is 11.3 Å². The van der Waals surface area contributed by atoms with Crippen molar-refractivity contribution < 1.29 is 50.5 Å². The molecule has 8 N–H and O–H groups in total. The molecular weight excluding hydrogens is 520 g/mol. The van der Waals surface area contributed by atoms with Crippen molar-refractivity contribution in [1.29, 1.82) is 0 Å². The number of nitrogen functional groups attached to an aromatic ring is 1. The summed E-state index contributed by atoms with van der Waals surface area (Å²) < 4.78 is 74.0. The van der Waals surface area contributed by atoms with E-state index >= 15 is 0 Å². The van der Waals surface area contributed by atoms with Crippen molar-refractivity contribution in [3.05, 3.63) is 80.6 Å². The van der Waals surface area contributed by atoms with E-state index in [0.29, 0.717) is 0 Å². The van der Waals surface area contributed by atoms with E-state index in [4.69, 9.17) is 16.2 Å². The third-order valence-corrected chi connectivity index (χ3v) is 7.34. The van der Waals surface area contributed by atoms with Crippen LogP contribution in [0.15, 0.2) is 63.2 Å². The van der Waals surface area contributed by atoms with E-state index in [1.165, 1.54) is 12.1 Å². The number of anilines is 1. The van der Waals surface area contributed by atoms with Crippen LogP contribution in [0.4, 0.5) is 5.69 Å². The molecule has 0 radical (unpaired) electrons. The highest BCUT2D eigenvalue weighted by Crippen LogP contribution is 2.50. The number of nitrogens with two attached hydrogens (primary N) is 2. The van der Waals surface area contributed by atoms with E-state index in [-0.39, 0.29) is 34.3 Å². The van der Waals surface area contributed by atoms with Crippen LogP contribution >= 0.6 is 0 Å². The van der Waals surface area contributed by atoms with E-state index < -0.39 is 70.4 Å². The molecule has 0 atom stereocenters. The molecule has 36 heavy (non-hydrogen) atoms. The van der Waals surface area contributed by atoms with E-state index in [9.17, 15) is 45.7 Å². The van der Waals surface area contributed by atoms with Gasteiger partial charge < -0.3 is 26.4 Å². The maximum absolute atomic E-state index is 12.2. The van der Waals surface area contributed by atoms with Gasteiger partial charge in [-0.25, -0.2) is 9.59 Å². The largest absolute Gasteiger partial charge is 0.478 e. The van der Waals surface area contributed by atoms with Gasteiger partial charge in [0, 0.05) is 16.7 Å². The minimum Gasteiger partial charge on any atom is -0.478 e. The van der Waals surface area contributed by atoms with Gasteiger partial charge in [0.25, 0.3) is 20.2 Å². The summed E-state index contributed by atoms with van der Waals surface area (Å²) in [6.07, 6.45) is 1.01. The molecule has 4 rings (SSSR count). The molecule has 1 aliphatic carbocycles. The number of carbonyl (C=O) groups is 2. The number of fused-ring (bicyclic) bond motifs is 2. The summed E-state index contributed by atoms with van der Waals surface area (Å²) in [5.41, 5.74) is 9.23. The Kier molecular flexibility index (Phi) is 5.68. The van der Waals surface area contributed by atoms with Crippen LogP contribution in [-0.2, 0) is 20.2 Å². The van der Waals surface area contributed by atoms with Crippen molar-refractivity contribution in [2.24, 2.45) is 5.73 Å². The summed E-state index contributed by atoms with van der Waals surface area (Å²) in [4.78, 5) is 21.8. The maximum Gasteiger partial charge on any atom is 0.336 e. The van der Waals surface area contributed by atoms with Gasteiger partial charge >= 0.3 is 11.9 Å². The fourth-order valence-electron chi connectivity index (χ4n) is 4.04. The van der Waals surface area contributed by atoms with Crippen LogP contribution in [0, 0.1) is 0 Å². The summed E-state index contributed by atoms with van der Waals surface area (Å²) in [5, 5.41) is 19.3. The molecule has 188 valence electrons. The molecule has 0 saturated heterocycles. The fourth-order valence-corrected chi connectivity index (χ4v) is 5.57. The van der Waals surface area contributed by atoms with Gasteiger partial charge in [0.1, 0.15) is 0 Å². The predicted molar refractivity (Wildman–Crippen MR) is 123 cm³/mol. The lowest BCUT2D eigenvalue weighted by molar-refractivity contribution is 0.0681. The number of allylic oxidation sites excluding steroid dienone is 2. The van der Waals surface area contributed by atoms with Crippen molar-refractivity contribution >= 4 is 43.4 Å². The Labute approximate surface area is 203 Å². The number of aromatic carboxylic acids is 2. The maximum atomic E-state index is 12.2. The van der Waals surface area contributed by atoms with Gasteiger partial charge in [0.15, 0.2) is 21.3 Å². The molecule has 0 spiro atoms. The first-order chi connectivity index (χ1) is 16.6. The average Bonchev–Trinajstić information content (AvgIpc) is 2.74. The van der Waals surface area contributed by atoms with Crippen LogP contribution in [0.5, 0.6) is 5.75 Å². The lowest BCUT2D eigenvalue weighted by Gasteiger charge is -2.31. The summed E-state index contributed by atoms with van der Waals surface area (Å²) in [6.45, 7) is 0. The zero-order valence-electron chi connectivity index (χ0n) is 17.8. The second-order valence-corrected chi connectivity index (χ2v) is 10.4. The quantitative estimate of drug-likeness (QED) is 0.234. The summed E-state index contributed by atoms with van der Waals surface area (Å²) in [7, 11) is -10.2. The third kappa shape index (κ3) is 3.99. The number of hydrogen-bond donors (Lipinski definition) is 6. The normalized spacial score (nSPS) is 15.6. The summed E-state index contributed by atoms with van der Waals surface area (Å²) >= 11 is 0. The highest BCUT2D eigenvalue weighted by Gasteiger charge is 2.39. The van der Waals surface area contributed by atoms with Gasteiger partial charge in [-0.05, 0) is 42.3 Å². The molecular formula is C21H16N2O11S2. The molecule has 0 saturated carbocycles. The van der Waals surface area contributed by atoms with Gasteiger partial charge in [0.05, 0.1) is 22.5 Å². The number of carboxylic acids is 2. The van der Waals surface area contributed by atoms with E-state index in [0.717, 1.165) is 24.3 Å². The molecule has 0 amide bonds. The van der Waals surface area contributed by atoms with Crippen molar-refractivity contribution in [2.75, 3.05) is 5.73 Å². The van der Waals surface area contributed by atoms with Crippen molar-refractivity contribution in [3.63, 3.8) is 0 Å². The van der Waals surface area contributed by atoms with E-state index in [2.05, 4.69) is 0 Å². The molecule has 2 aliphatic rings. The Bertz CT molecular complexity index is 1700. The topological polar surface area (TPSA) is 245 Å². The Hall–Kier alpha value is -4.18. The third-order valence-electron chi connectivity index (χ3n) is 5.47. The Morgan fingerprint density at radius 1 is 0.889 bits per heavy atom. The standard InChI is InChI=1S/C21H16N2O11S2/c22-13-5-3-10-15(12-7-8(20(24)25)1-2-9(12)21(26)27)11-4-6-14(23)19(36(31,32)33)17(11)34-16(10)18(13)35(28,29)30/h1-3,5-7H,4,22-23H2,(H,24,25)(H,26,27)(H,28,29,30)(H,31,32,33). The predicted octanol–water partition coefficient (Wildman–Crippen LogP) is 1.45. The minimum absolute atomic E-state index is 0.0552. The number of hydrogen-bond acceptors (Lipinski definition) is 9. The van der Waals surface area contributed by atoms with Gasteiger partial charge in [-0.3, -0.25) is 9.11 Å². The first-order valence-corrected chi connectivity index (χ1v) is 12.6. The van der Waals surface area contributed by atoms with Crippen LogP contribution in [0.3, 0.4) is 0 Å². The Balaban J connectivity index is 2.27. The molecule has 2 aromatic carbocycles. The molecule has 1 aliphatic heterocycles. The monoisotopic (exact) mass is 536 g/mol. The first kappa shape index (κ1) is 24.9. The van der Waals surface area contributed by atoms with Crippen molar-refractivity contribution in [3.8, 4) is 5.75 Å². The summed E-state index contributed by atoms with van der Waals surface area (Å²) in [6, 6.07) is 5.35. The number of benzene rings is 2. The molecule has 15 heteroatoms. The van der Waals surface area contributed by atoms with Crippen LogP contribution in [0.25, 0.3) is 5.57 Å². The van der Waals surface area contributed by atoms with Gasteiger partial charge in [-0.2, -0.15) is 16.8 Å². The van der Waals surface area contributed by atoms with Crippen LogP contribution in [-0.4, -0.2) is 48.1 Å².